The van der Waals surface area contributed by atoms with E-state index >= 15 is 0 Å². The third-order valence-electron chi connectivity index (χ3n) is 5.80. The number of pyridine rings is 1. The van der Waals surface area contributed by atoms with Crippen LogP contribution in [0.1, 0.15) is 39.7 Å². The zero-order valence-electron chi connectivity index (χ0n) is 21.4. The van der Waals surface area contributed by atoms with Crippen molar-refractivity contribution in [1.29, 1.82) is 0 Å². The molecule has 7 heteroatoms. The summed E-state index contributed by atoms with van der Waals surface area (Å²) in [6.45, 7) is 4.63. The second-order valence-electron chi connectivity index (χ2n) is 8.65. The highest BCUT2D eigenvalue weighted by Crippen LogP contribution is 2.26. The van der Waals surface area contributed by atoms with Crippen molar-refractivity contribution >= 4 is 17.6 Å². The lowest BCUT2D eigenvalue weighted by Gasteiger charge is -2.11. The Morgan fingerprint density at radius 1 is 0.868 bits per heavy atom. The summed E-state index contributed by atoms with van der Waals surface area (Å²) >= 11 is 6.45. The number of carbonyl (C=O) groups excluding carboxylic acids is 1. The van der Waals surface area contributed by atoms with Crippen LogP contribution in [0.5, 0.6) is 11.5 Å². The van der Waals surface area contributed by atoms with E-state index in [0.717, 1.165) is 41.1 Å². The van der Waals surface area contributed by atoms with E-state index in [1.807, 2.05) is 85.9 Å². The SMILES string of the molecule is CCOc1ccc(COC(=O)c2ccc(COc3ccc(CNCCc4ccccn4)cc3Cl)cc2)cc1. The predicted octanol–water partition coefficient (Wildman–Crippen LogP) is 6.40. The summed E-state index contributed by atoms with van der Waals surface area (Å²) in [5.41, 5.74) is 4.45. The third kappa shape index (κ3) is 8.33. The van der Waals surface area contributed by atoms with Gasteiger partial charge in [0.05, 0.1) is 17.2 Å². The number of ether oxygens (including phenoxy) is 3. The second-order valence-corrected chi connectivity index (χ2v) is 9.06. The maximum absolute atomic E-state index is 12.4. The van der Waals surface area contributed by atoms with Gasteiger partial charge in [-0.05, 0) is 72.1 Å². The number of carbonyl (C=O) groups is 1. The molecule has 1 N–H and O–H groups in total. The first kappa shape index (κ1) is 27.2. The lowest BCUT2D eigenvalue weighted by molar-refractivity contribution is 0.0472. The zero-order valence-corrected chi connectivity index (χ0v) is 22.1. The number of nitrogens with one attached hydrogen (secondary N) is 1. The Kier molecular flexibility index (Phi) is 10.1. The van der Waals surface area contributed by atoms with Crippen molar-refractivity contribution in [3.05, 3.63) is 124 Å². The smallest absolute Gasteiger partial charge is 0.338 e. The molecule has 0 spiro atoms. The number of esters is 1. The van der Waals surface area contributed by atoms with E-state index in [4.69, 9.17) is 25.8 Å². The van der Waals surface area contributed by atoms with Gasteiger partial charge in [0.1, 0.15) is 24.7 Å². The summed E-state index contributed by atoms with van der Waals surface area (Å²) < 4.78 is 16.8. The summed E-state index contributed by atoms with van der Waals surface area (Å²) in [4.78, 5) is 16.7. The van der Waals surface area contributed by atoms with Crippen LogP contribution in [-0.2, 0) is 30.9 Å². The fourth-order valence-corrected chi connectivity index (χ4v) is 4.00. The van der Waals surface area contributed by atoms with Crippen molar-refractivity contribution in [2.75, 3.05) is 13.2 Å². The van der Waals surface area contributed by atoms with Gasteiger partial charge in [0.2, 0.25) is 0 Å². The monoisotopic (exact) mass is 530 g/mol. The molecule has 0 unspecified atom stereocenters. The van der Waals surface area contributed by atoms with Crippen molar-refractivity contribution in [1.82, 2.24) is 10.3 Å². The maximum Gasteiger partial charge on any atom is 0.338 e. The molecular weight excluding hydrogens is 500 g/mol. The molecule has 0 saturated heterocycles. The Bertz CT molecular complexity index is 1300. The molecular formula is C31H31ClN2O4. The Morgan fingerprint density at radius 2 is 1.61 bits per heavy atom. The van der Waals surface area contributed by atoms with Crippen LogP contribution in [-0.4, -0.2) is 24.1 Å². The first-order valence-electron chi connectivity index (χ1n) is 12.6. The molecule has 0 fully saturated rings. The number of nitrogens with zero attached hydrogens (tertiary/aromatic N) is 1. The van der Waals surface area contributed by atoms with Crippen LogP contribution in [0.15, 0.2) is 91.1 Å². The van der Waals surface area contributed by atoms with Crippen LogP contribution < -0.4 is 14.8 Å². The van der Waals surface area contributed by atoms with Crippen molar-refractivity contribution in [2.45, 2.75) is 33.1 Å². The fraction of sp³-hybridized carbons (Fsp3) is 0.226. The minimum atomic E-state index is -0.376. The molecule has 196 valence electrons. The van der Waals surface area contributed by atoms with E-state index < -0.39 is 0 Å². The van der Waals surface area contributed by atoms with Gasteiger partial charge >= 0.3 is 5.97 Å². The average Bonchev–Trinajstić information content (AvgIpc) is 2.95. The molecule has 6 nitrogen and oxygen atoms in total. The third-order valence-corrected chi connectivity index (χ3v) is 6.09. The average molecular weight is 531 g/mol. The molecule has 1 aromatic heterocycles. The summed E-state index contributed by atoms with van der Waals surface area (Å²) in [5.74, 6) is 1.03. The molecule has 0 bridgehead atoms. The minimum Gasteiger partial charge on any atom is -0.494 e. The van der Waals surface area contributed by atoms with Gasteiger partial charge in [0.15, 0.2) is 0 Å². The summed E-state index contributed by atoms with van der Waals surface area (Å²) in [5, 5.41) is 3.97. The van der Waals surface area contributed by atoms with Crippen LogP contribution in [0.25, 0.3) is 0 Å². The number of hydrogen-bond acceptors (Lipinski definition) is 6. The molecule has 0 saturated carbocycles. The highest BCUT2D eigenvalue weighted by Gasteiger charge is 2.09. The van der Waals surface area contributed by atoms with Crippen molar-refractivity contribution < 1.29 is 19.0 Å². The molecule has 4 rings (SSSR count). The van der Waals surface area contributed by atoms with Crippen LogP contribution in [0.4, 0.5) is 0 Å². The largest absolute Gasteiger partial charge is 0.494 e. The lowest BCUT2D eigenvalue weighted by atomic mass is 10.1. The van der Waals surface area contributed by atoms with E-state index in [1.54, 1.807) is 12.1 Å². The van der Waals surface area contributed by atoms with E-state index in [-0.39, 0.29) is 12.6 Å². The molecule has 0 amide bonds. The Morgan fingerprint density at radius 3 is 2.32 bits per heavy atom. The first-order chi connectivity index (χ1) is 18.6. The van der Waals surface area contributed by atoms with E-state index in [2.05, 4.69) is 10.3 Å². The van der Waals surface area contributed by atoms with Crippen LogP contribution >= 0.6 is 11.6 Å². The van der Waals surface area contributed by atoms with Gasteiger partial charge in [-0.1, -0.05) is 48.0 Å². The molecule has 0 aliphatic carbocycles. The van der Waals surface area contributed by atoms with Gasteiger partial charge in [0, 0.05) is 31.4 Å². The summed E-state index contributed by atoms with van der Waals surface area (Å²) in [7, 11) is 0. The minimum absolute atomic E-state index is 0.199. The molecule has 4 aromatic rings. The lowest BCUT2D eigenvalue weighted by Crippen LogP contribution is -2.17. The van der Waals surface area contributed by atoms with Crippen LogP contribution in [0.3, 0.4) is 0 Å². The quantitative estimate of drug-likeness (QED) is 0.159. The van der Waals surface area contributed by atoms with Crippen LogP contribution in [0.2, 0.25) is 5.02 Å². The highest BCUT2D eigenvalue weighted by atomic mass is 35.5. The Hall–Kier alpha value is -3.87. The summed E-state index contributed by atoms with van der Waals surface area (Å²) in [6, 6.07) is 26.4. The van der Waals surface area contributed by atoms with Gasteiger partial charge < -0.3 is 19.5 Å². The van der Waals surface area contributed by atoms with Gasteiger partial charge in [-0.3, -0.25) is 4.98 Å². The fourth-order valence-electron chi connectivity index (χ4n) is 3.75. The van der Waals surface area contributed by atoms with Gasteiger partial charge in [-0.25, -0.2) is 4.79 Å². The number of rotatable bonds is 13. The van der Waals surface area contributed by atoms with Crippen molar-refractivity contribution in [2.24, 2.45) is 0 Å². The van der Waals surface area contributed by atoms with Crippen molar-refractivity contribution in [3.63, 3.8) is 0 Å². The molecule has 0 atom stereocenters. The van der Waals surface area contributed by atoms with Gasteiger partial charge in [-0.15, -0.1) is 0 Å². The van der Waals surface area contributed by atoms with E-state index in [0.29, 0.717) is 36.1 Å². The molecule has 0 aliphatic rings. The van der Waals surface area contributed by atoms with E-state index in [1.165, 1.54) is 0 Å². The molecule has 1 heterocycles. The Labute approximate surface area is 228 Å². The standard InChI is InChI=1S/C31H31ClN2O4/c1-2-36-28-13-8-24(9-14-28)22-38-31(35)26-11-6-23(7-12-26)21-37-30-15-10-25(19-29(30)32)20-33-18-16-27-5-3-4-17-34-27/h3-15,17,19,33H,2,16,18,20-22H2,1H3. The van der Waals surface area contributed by atoms with Gasteiger partial charge in [-0.2, -0.15) is 0 Å². The summed E-state index contributed by atoms with van der Waals surface area (Å²) in [6.07, 6.45) is 2.68. The number of halogens is 1. The zero-order chi connectivity index (χ0) is 26.6. The van der Waals surface area contributed by atoms with Crippen LogP contribution in [0, 0.1) is 0 Å². The van der Waals surface area contributed by atoms with Crippen molar-refractivity contribution in [3.8, 4) is 11.5 Å². The topological polar surface area (TPSA) is 69.7 Å². The molecule has 0 radical (unpaired) electrons. The number of benzene rings is 3. The number of aromatic nitrogens is 1. The molecule has 0 aliphatic heterocycles. The first-order valence-corrected chi connectivity index (χ1v) is 13.0. The normalized spacial score (nSPS) is 10.7. The number of hydrogen-bond donors (Lipinski definition) is 1. The van der Waals surface area contributed by atoms with E-state index in [9.17, 15) is 4.79 Å². The van der Waals surface area contributed by atoms with Gasteiger partial charge in [0.25, 0.3) is 0 Å². The second kappa shape index (κ2) is 14.2. The molecule has 38 heavy (non-hydrogen) atoms. The predicted molar refractivity (Wildman–Crippen MR) is 149 cm³/mol. The highest BCUT2D eigenvalue weighted by molar-refractivity contribution is 6.32. The maximum atomic E-state index is 12.4. The Balaban J connectivity index is 1.20. The molecule has 3 aromatic carbocycles.